The fourth-order valence-corrected chi connectivity index (χ4v) is 4.89. The number of pyridine rings is 1. The minimum absolute atomic E-state index is 0.0430. The van der Waals surface area contributed by atoms with Crippen LogP contribution in [0, 0.1) is 11.6 Å². The van der Waals surface area contributed by atoms with Gasteiger partial charge in [0.25, 0.3) is 11.5 Å². The second kappa shape index (κ2) is 10.9. The minimum Gasteiger partial charge on any atom is -0.480 e. The van der Waals surface area contributed by atoms with Crippen LogP contribution in [0.1, 0.15) is 15.9 Å². The van der Waals surface area contributed by atoms with Crippen LogP contribution < -0.4 is 21.5 Å². The highest BCUT2D eigenvalue weighted by atomic mass is 19.1. The van der Waals surface area contributed by atoms with Crippen molar-refractivity contribution in [1.82, 2.24) is 19.4 Å². The summed E-state index contributed by atoms with van der Waals surface area (Å²) in [5.74, 6) is -4.86. The zero-order chi connectivity index (χ0) is 30.3. The first-order chi connectivity index (χ1) is 20.0. The third-order valence-electron chi connectivity index (χ3n) is 7.07. The lowest BCUT2D eigenvalue weighted by atomic mass is 9.99. The van der Waals surface area contributed by atoms with E-state index < -0.39 is 46.4 Å². The molecule has 3 aromatic carbocycles. The Labute approximate surface area is 237 Å². The van der Waals surface area contributed by atoms with Crippen molar-refractivity contribution in [3.63, 3.8) is 0 Å². The zero-order valence-electron chi connectivity index (χ0n) is 22.8. The second-order valence-electron chi connectivity index (χ2n) is 9.89. The number of anilines is 1. The molecule has 5 aromatic rings. The number of nitrogens with one attached hydrogen (secondary N) is 1. The molecule has 10 nitrogen and oxygen atoms in total. The lowest BCUT2D eigenvalue weighted by Crippen LogP contribution is -2.43. The number of fused-ring (bicyclic) bond motifs is 2. The molecule has 0 spiro atoms. The fourth-order valence-electron chi connectivity index (χ4n) is 4.89. The van der Waals surface area contributed by atoms with Gasteiger partial charge in [-0.1, -0.05) is 24.3 Å². The fraction of sp³-hybridized carbons (Fsp3) is 0.167. The number of halogens is 2. The average Bonchev–Trinajstić information content (AvgIpc) is 2.95. The Morgan fingerprint density at radius 1 is 0.976 bits per heavy atom. The monoisotopic (exact) mass is 573 g/mol. The first-order valence-corrected chi connectivity index (χ1v) is 12.8. The van der Waals surface area contributed by atoms with Gasteiger partial charge in [0.1, 0.15) is 23.2 Å². The highest BCUT2D eigenvalue weighted by Crippen LogP contribution is 2.25. The first kappa shape index (κ1) is 28.1. The maximum Gasteiger partial charge on any atom is 0.337 e. The van der Waals surface area contributed by atoms with Crippen molar-refractivity contribution in [2.75, 3.05) is 19.0 Å². The summed E-state index contributed by atoms with van der Waals surface area (Å²) in [6, 6.07) is 12.9. The molecule has 2 N–H and O–H groups in total. The van der Waals surface area contributed by atoms with Crippen molar-refractivity contribution in [2.45, 2.75) is 12.5 Å². The lowest BCUT2D eigenvalue weighted by Gasteiger charge is -2.18. The van der Waals surface area contributed by atoms with Gasteiger partial charge in [0, 0.05) is 44.8 Å². The van der Waals surface area contributed by atoms with Crippen molar-refractivity contribution in [3.8, 4) is 5.82 Å². The summed E-state index contributed by atoms with van der Waals surface area (Å²) in [5, 5.41) is 13.2. The normalized spacial score (nSPS) is 11.9. The molecule has 5 rings (SSSR count). The van der Waals surface area contributed by atoms with Crippen molar-refractivity contribution in [1.29, 1.82) is 0 Å². The average molecular weight is 574 g/mol. The number of amides is 1. The van der Waals surface area contributed by atoms with E-state index in [-0.39, 0.29) is 12.2 Å². The van der Waals surface area contributed by atoms with Crippen LogP contribution in [0.4, 0.5) is 14.5 Å². The van der Waals surface area contributed by atoms with Crippen LogP contribution >= 0.6 is 0 Å². The first-order valence-electron chi connectivity index (χ1n) is 12.8. The van der Waals surface area contributed by atoms with Crippen LogP contribution in [-0.4, -0.2) is 51.2 Å². The van der Waals surface area contributed by atoms with Gasteiger partial charge in [-0.2, -0.15) is 0 Å². The molecule has 214 valence electrons. The van der Waals surface area contributed by atoms with E-state index >= 15 is 0 Å². The van der Waals surface area contributed by atoms with Gasteiger partial charge < -0.3 is 15.3 Å². The Morgan fingerprint density at radius 3 is 2.33 bits per heavy atom. The summed E-state index contributed by atoms with van der Waals surface area (Å²) in [6.07, 6.45) is 1.12. The van der Waals surface area contributed by atoms with Crippen LogP contribution in [0.25, 0.3) is 27.5 Å². The molecule has 2 aromatic heterocycles. The van der Waals surface area contributed by atoms with Gasteiger partial charge in [0.05, 0.1) is 10.9 Å². The molecule has 0 bridgehead atoms. The van der Waals surface area contributed by atoms with Gasteiger partial charge >= 0.3 is 11.7 Å². The van der Waals surface area contributed by atoms with Gasteiger partial charge in [-0.15, -0.1) is 0 Å². The molecule has 0 aliphatic carbocycles. The number of carbonyl (C=O) groups is 2. The molecule has 1 amide bonds. The van der Waals surface area contributed by atoms with Gasteiger partial charge in [0.15, 0.2) is 5.82 Å². The number of carbonyl (C=O) groups excluding carboxylic acids is 1. The van der Waals surface area contributed by atoms with Crippen molar-refractivity contribution < 1.29 is 23.5 Å². The Bertz CT molecular complexity index is 2000. The van der Waals surface area contributed by atoms with Crippen LogP contribution in [0.2, 0.25) is 0 Å². The van der Waals surface area contributed by atoms with E-state index in [1.54, 1.807) is 49.5 Å². The summed E-state index contributed by atoms with van der Waals surface area (Å²) in [5.41, 5.74) is -0.465. The summed E-state index contributed by atoms with van der Waals surface area (Å²) in [4.78, 5) is 58.0. The Morgan fingerprint density at radius 2 is 1.67 bits per heavy atom. The zero-order valence-corrected chi connectivity index (χ0v) is 22.8. The Hall–Kier alpha value is -5.39. The van der Waals surface area contributed by atoms with Crippen LogP contribution in [-0.2, 0) is 18.3 Å². The van der Waals surface area contributed by atoms with Gasteiger partial charge in [0.2, 0.25) is 0 Å². The maximum atomic E-state index is 14.1. The lowest BCUT2D eigenvalue weighted by molar-refractivity contribution is -0.139. The number of benzene rings is 3. The molecule has 0 saturated heterocycles. The van der Waals surface area contributed by atoms with Crippen LogP contribution in [0.3, 0.4) is 0 Å². The number of nitrogens with zero attached hydrogens (tertiary/aromatic N) is 4. The highest BCUT2D eigenvalue weighted by molar-refractivity contribution is 5.97. The smallest absolute Gasteiger partial charge is 0.337 e. The molecule has 0 unspecified atom stereocenters. The van der Waals surface area contributed by atoms with Crippen molar-refractivity contribution >= 4 is 39.2 Å². The van der Waals surface area contributed by atoms with Gasteiger partial charge in [-0.25, -0.2) is 27.9 Å². The molecule has 0 saturated carbocycles. The van der Waals surface area contributed by atoms with E-state index in [0.717, 1.165) is 28.5 Å². The molecule has 1 atom stereocenters. The molecule has 42 heavy (non-hydrogen) atoms. The van der Waals surface area contributed by atoms with Crippen LogP contribution in [0.5, 0.6) is 0 Å². The predicted octanol–water partition coefficient (Wildman–Crippen LogP) is 3.01. The largest absolute Gasteiger partial charge is 0.480 e. The molecule has 0 radical (unpaired) electrons. The number of carboxylic acids is 1. The quantitative estimate of drug-likeness (QED) is 0.307. The molecule has 0 fully saturated rings. The van der Waals surface area contributed by atoms with E-state index in [4.69, 9.17) is 0 Å². The van der Waals surface area contributed by atoms with Crippen LogP contribution in [0.15, 0.2) is 76.4 Å². The third-order valence-corrected chi connectivity index (χ3v) is 7.07. The summed E-state index contributed by atoms with van der Waals surface area (Å²) < 4.78 is 30.6. The molecular weight excluding hydrogens is 548 g/mol. The molecule has 2 heterocycles. The SMILES string of the molecule is CN(C)c1ccc2c(c1)c(=O)n(-c1nccc3c(C[C@H](NC(=O)c4c(F)cccc4F)C(=O)O)cccc13)c(=O)n2C. The van der Waals surface area contributed by atoms with Crippen molar-refractivity contribution in [3.05, 3.63) is 110 Å². The van der Waals surface area contributed by atoms with E-state index in [0.29, 0.717) is 27.2 Å². The molecular formula is C30H25F2N5O5. The summed E-state index contributed by atoms with van der Waals surface area (Å²) in [6.45, 7) is 0. The van der Waals surface area contributed by atoms with E-state index in [2.05, 4.69) is 10.3 Å². The number of rotatable bonds is 7. The minimum atomic E-state index is -1.56. The predicted molar refractivity (Wildman–Crippen MR) is 153 cm³/mol. The third kappa shape index (κ3) is 4.87. The number of hydrogen-bond acceptors (Lipinski definition) is 6. The number of carboxylic acid groups (broad SMARTS) is 1. The van der Waals surface area contributed by atoms with Gasteiger partial charge in [-0.05, 0) is 47.3 Å². The molecule has 0 aliphatic heterocycles. The summed E-state index contributed by atoms with van der Waals surface area (Å²) in [7, 11) is 5.20. The standard InChI is InChI=1S/C30H25F2N5O5/c1-35(2)17-10-11-24-20(15-17)28(39)37(30(42)36(24)3)26-19-7-4-6-16(18(19)12-13-33-26)14-23(29(40)41)34-27(38)25-21(31)8-5-9-22(25)32/h4-13,15,23H,14H2,1-3H3,(H,34,38)(H,40,41)/t23-/m0/s1. The number of hydrogen-bond donors (Lipinski definition) is 2. The van der Waals surface area contributed by atoms with E-state index in [1.807, 2.05) is 19.0 Å². The van der Waals surface area contributed by atoms with Crippen molar-refractivity contribution in [2.24, 2.45) is 7.05 Å². The maximum absolute atomic E-state index is 14.1. The van der Waals surface area contributed by atoms with E-state index in [1.165, 1.54) is 10.8 Å². The Balaban J connectivity index is 1.61. The number of aliphatic carboxylic acids is 1. The number of aromatic nitrogens is 3. The Kier molecular flexibility index (Phi) is 7.29. The van der Waals surface area contributed by atoms with E-state index in [9.17, 15) is 33.1 Å². The highest BCUT2D eigenvalue weighted by Gasteiger charge is 2.26. The molecule has 0 aliphatic rings. The van der Waals surface area contributed by atoms with Gasteiger partial charge in [-0.3, -0.25) is 14.2 Å². The second-order valence-corrected chi connectivity index (χ2v) is 9.89. The number of aryl methyl sites for hydroxylation is 1. The topological polar surface area (TPSA) is 127 Å². The molecule has 12 heteroatoms. The summed E-state index contributed by atoms with van der Waals surface area (Å²) >= 11 is 0.